The van der Waals surface area contributed by atoms with Gasteiger partial charge in [-0.25, -0.2) is 0 Å². The second-order valence-electron chi connectivity index (χ2n) is 8.20. The summed E-state index contributed by atoms with van der Waals surface area (Å²) >= 11 is 0. The van der Waals surface area contributed by atoms with Crippen molar-refractivity contribution >= 4 is 6.08 Å². The van der Waals surface area contributed by atoms with Gasteiger partial charge in [0, 0.05) is 11.6 Å². The summed E-state index contributed by atoms with van der Waals surface area (Å²) in [7, 11) is 1.54. The predicted molar refractivity (Wildman–Crippen MR) is 101 cm³/mol. The van der Waals surface area contributed by atoms with E-state index in [1.54, 1.807) is 32.0 Å². The highest BCUT2D eigenvalue weighted by molar-refractivity contribution is 5.63. The minimum absolute atomic E-state index is 0.111. The Bertz CT molecular complexity index is 849. The van der Waals surface area contributed by atoms with Crippen LogP contribution >= 0.6 is 0 Å². The summed E-state index contributed by atoms with van der Waals surface area (Å²) in [6.45, 7) is 7.44. The lowest BCUT2D eigenvalue weighted by Gasteiger charge is -2.30. The van der Waals surface area contributed by atoms with Crippen molar-refractivity contribution in [3.63, 3.8) is 0 Å². The molecule has 9 heteroatoms. The first-order valence-electron chi connectivity index (χ1n) is 9.47. The molecule has 4 rings (SSSR count). The number of rotatable bonds is 4. The number of nitro groups is 1. The minimum atomic E-state index is -0.968. The van der Waals surface area contributed by atoms with Gasteiger partial charge in [-0.1, -0.05) is 0 Å². The van der Waals surface area contributed by atoms with Crippen LogP contribution in [0.15, 0.2) is 23.9 Å². The van der Waals surface area contributed by atoms with Gasteiger partial charge in [-0.2, -0.15) is 0 Å². The first-order valence-corrected chi connectivity index (χ1v) is 9.47. The molecular weight excluding hydrogens is 382 g/mol. The van der Waals surface area contributed by atoms with Crippen LogP contribution in [0.4, 0.5) is 0 Å². The van der Waals surface area contributed by atoms with E-state index in [1.165, 1.54) is 13.2 Å². The average Bonchev–Trinajstić information content (AvgIpc) is 3.18. The Balaban J connectivity index is 1.68. The fraction of sp³-hybridized carbons (Fsp3) is 0.600. The molecule has 1 aromatic rings. The lowest BCUT2D eigenvalue weighted by atomic mass is 9.97. The molecule has 9 nitrogen and oxygen atoms in total. The Labute approximate surface area is 168 Å². The second kappa shape index (κ2) is 6.94. The summed E-state index contributed by atoms with van der Waals surface area (Å²) in [5.41, 5.74) is 0.462. The van der Waals surface area contributed by atoms with Crippen LogP contribution in [0.3, 0.4) is 0 Å². The van der Waals surface area contributed by atoms with Crippen LogP contribution in [0.2, 0.25) is 0 Å². The van der Waals surface area contributed by atoms with Crippen molar-refractivity contribution < 1.29 is 33.3 Å². The number of methoxy groups -OCH3 is 1. The number of benzene rings is 1. The third-order valence-corrected chi connectivity index (χ3v) is 5.14. The summed E-state index contributed by atoms with van der Waals surface area (Å²) < 4.78 is 35.0. The number of hydrogen-bond acceptors (Lipinski definition) is 8. The van der Waals surface area contributed by atoms with Gasteiger partial charge in [-0.05, 0) is 45.9 Å². The summed E-state index contributed by atoms with van der Waals surface area (Å²) in [4.78, 5) is 11.4. The third kappa shape index (κ3) is 3.83. The van der Waals surface area contributed by atoms with Crippen molar-refractivity contribution in [3.05, 3.63) is 39.6 Å². The molecule has 3 heterocycles. The molecule has 0 spiro atoms. The molecule has 0 bridgehead atoms. The Hall–Kier alpha value is -2.20. The van der Waals surface area contributed by atoms with Crippen LogP contribution < -0.4 is 9.47 Å². The van der Waals surface area contributed by atoms with E-state index in [9.17, 15) is 10.1 Å². The van der Waals surface area contributed by atoms with Gasteiger partial charge in [0.1, 0.15) is 29.8 Å². The average molecular weight is 407 g/mol. The second-order valence-corrected chi connectivity index (χ2v) is 8.20. The van der Waals surface area contributed by atoms with E-state index in [2.05, 4.69) is 0 Å². The molecule has 0 aromatic heterocycles. The normalized spacial score (nSPS) is 32.2. The van der Waals surface area contributed by atoms with Crippen molar-refractivity contribution in [2.45, 2.75) is 63.7 Å². The van der Waals surface area contributed by atoms with Gasteiger partial charge in [0.2, 0.25) is 6.10 Å². The first-order chi connectivity index (χ1) is 13.6. The summed E-state index contributed by atoms with van der Waals surface area (Å²) in [6.07, 6.45) is -1.26. The summed E-state index contributed by atoms with van der Waals surface area (Å²) in [5.74, 6) is -0.610. The van der Waals surface area contributed by atoms with Gasteiger partial charge in [0.25, 0.3) is 5.70 Å². The predicted octanol–water partition coefficient (Wildman–Crippen LogP) is 2.75. The topological polar surface area (TPSA) is 98.5 Å². The van der Waals surface area contributed by atoms with Crippen LogP contribution in [0, 0.1) is 10.1 Å². The van der Waals surface area contributed by atoms with Crippen molar-refractivity contribution in [3.8, 4) is 11.5 Å². The zero-order valence-electron chi connectivity index (χ0n) is 17.0. The molecular formula is C20H25NO8. The van der Waals surface area contributed by atoms with E-state index in [-0.39, 0.29) is 5.70 Å². The molecule has 0 N–H and O–H groups in total. The van der Waals surface area contributed by atoms with Crippen LogP contribution in [-0.2, 0) is 18.9 Å². The molecule has 3 aliphatic heterocycles. The molecule has 1 aromatic carbocycles. The minimum Gasteiger partial charge on any atom is -0.497 e. The molecule has 2 saturated heterocycles. The standard InChI is InChI=1S/C20H25NO8/c1-19(2)25-10-15(27-19)17-18(29-20(3,4)28-17)16-13(21(22)23)9-11-8-12(24-5)6-7-14(11)26-16/h6-9,15-18H,10H2,1-5H3/t15-,16+,17-,18+/m1/s1. The van der Waals surface area contributed by atoms with E-state index in [1.807, 2.05) is 13.8 Å². The number of nitrogens with zero attached hydrogens (tertiary/aromatic N) is 1. The van der Waals surface area contributed by atoms with Crippen molar-refractivity contribution in [1.29, 1.82) is 0 Å². The molecule has 0 amide bonds. The van der Waals surface area contributed by atoms with E-state index in [4.69, 9.17) is 28.4 Å². The molecule has 0 unspecified atom stereocenters. The van der Waals surface area contributed by atoms with Crippen LogP contribution in [0.5, 0.6) is 11.5 Å². The fourth-order valence-corrected chi connectivity index (χ4v) is 3.92. The highest BCUT2D eigenvalue weighted by Crippen LogP contribution is 2.42. The lowest BCUT2D eigenvalue weighted by Crippen LogP contribution is -2.48. The Morgan fingerprint density at radius 2 is 1.83 bits per heavy atom. The molecule has 0 aliphatic carbocycles. The molecule has 4 atom stereocenters. The Kier molecular flexibility index (Phi) is 4.81. The van der Waals surface area contributed by atoms with Gasteiger partial charge in [-0.15, -0.1) is 0 Å². The molecule has 158 valence electrons. The van der Waals surface area contributed by atoms with Crippen molar-refractivity contribution in [2.75, 3.05) is 13.7 Å². The van der Waals surface area contributed by atoms with Gasteiger partial charge >= 0.3 is 0 Å². The highest BCUT2D eigenvalue weighted by Gasteiger charge is 2.56. The van der Waals surface area contributed by atoms with Crippen LogP contribution in [0.1, 0.15) is 33.3 Å². The maximum absolute atomic E-state index is 11.9. The number of ether oxygens (including phenoxy) is 6. The zero-order valence-corrected chi connectivity index (χ0v) is 17.0. The van der Waals surface area contributed by atoms with Crippen LogP contribution in [0.25, 0.3) is 6.08 Å². The van der Waals surface area contributed by atoms with Gasteiger partial charge in [0.15, 0.2) is 11.6 Å². The van der Waals surface area contributed by atoms with E-state index in [0.717, 1.165) is 0 Å². The molecule has 2 fully saturated rings. The zero-order chi connectivity index (χ0) is 21.0. The first kappa shape index (κ1) is 20.1. The van der Waals surface area contributed by atoms with Gasteiger partial charge in [-0.3, -0.25) is 10.1 Å². The molecule has 29 heavy (non-hydrogen) atoms. The fourth-order valence-electron chi connectivity index (χ4n) is 3.92. The quantitative estimate of drug-likeness (QED) is 0.555. The van der Waals surface area contributed by atoms with Gasteiger partial charge < -0.3 is 28.4 Å². The van der Waals surface area contributed by atoms with Crippen molar-refractivity contribution in [2.24, 2.45) is 0 Å². The summed E-state index contributed by atoms with van der Waals surface area (Å²) in [6, 6.07) is 5.16. The SMILES string of the molecule is COc1ccc2c(c1)C=C([N+](=O)[O-])[C@@H]([C@@H]1OC(C)(C)O[C@@H]1[C@H]1COC(C)(C)O1)O2. The monoisotopic (exact) mass is 407 g/mol. The van der Waals surface area contributed by atoms with E-state index >= 15 is 0 Å². The van der Waals surface area contributed by atoms with Crippen LogP contribution in [-0.4, -0.2) is 54.6 Å². The maximum atomic E-state index is 11.9. The summed E-state index contributed by atoms with van der Waals surface area (Å²) in [5, 5.41) is 11.9. The van der Waals surface area contributed by atoms with Crippen molar-refractivity contribution in [1.82, 2.24) is 0 Å². The maximum Gasteiger partial charge on any atom is 0.290 e. The molecule has 0 saturated carbocycles. The van der Waals surface area contributed by atoms with E-state index < -0.39 is 40.9 Å². The molecule has 0 radical (unpaired) electrons. The number of fused-ring (bicyclic) bond motifs is 1. The lowest BCUT2D eigenvalue weighted by molar-refractivity contribution is -0.436. The Morgan fingerprint density at radius 1 is 1.10 bits per heavy atom. The third-order valence-electron chi connectivity index (χ3n) is 5.14. The van der Waals surface area contributed by atoms with Gasteiger partial charge in [0.05, 0.1) is 18.6 Å². The smallest absolute Gasteiger partial charge is 0.290 e. The number of hydrogen-bond donors (Lipinski definition) is 0. The molecule has 3 aliphatic rings. The largest absolute Gasteiger partial charge is 0.497 e. The Morgan fingerprint density at radius 3 is 2.45 bits per heavy atom. The highest BCUT2D eigenvalue weighted by atomic mass is 16.8. The van der Waals surface area contributed by atoms with E-state index in [0.29, 0.717) is 23.7 Å².